The maximum atomic E-state index is 14.0. The van der Waals surface area contributed by atoms with Crippen molar-refractivity contribution in [1.82, 2.24) is 20.4 Å². The lowest BCUT2D eigenvalue weighted by Gasteiger charge is -2.24. The van der Waals surface area contributed by atoms with Crippen LogP contribution in [0, 0.1) is 11.7 Å². The summed E-state index contributed by atoms with van der Waals surface area (Å²) in [6.45, 7) is 3.14. The van der Waals surface area contributed by atoms with Gasteiger partial charge in [0.1, 0.15) is 11.6 Å². The smallest absolute Gasteiger partial charge is 0.254 e. The first-order chi connectivity index (χ1) is 13.5. The molecule has 0 aliphatic carbocycles. The number of benzene rings is 1. The molecular weight excluding hydrogens is 363 g/mol. The fraction of sp³-hybridized carbons (Fsp3) is 0.450. The number of ether oxygens (including phenoxy) is 1. The minimum atomic E-state index is -0.350. The zero-order valence-electron chi connectivity index (χ0n) is 16.1. The molecule has 1 aliphatic heterocycles. The minimum Gasteiger partial charge on any atom is -0.497 e. The number of hydrogen-bond donors (Lipinski definition) is 2. The Kier molecular flexibility index (Phi) is 6.28. The van der Waals surface area contributed by atoms with E-state index in [1.54, 1.807) is 18.3 Å². The van der Waals surface area contributed by atoms with Crippen molar-refractivity contribution in [2.75, 3.05) is 20.2 Å². The highest BCUT2D eigenvalue weighted by Crippen LogP contribution is 2.23. The van der Waals surface area contributed by atoms with E-state index in [4.69, 9.17) is 4.74 Å². The molecule has 1 atom stereocenters. The van der Waals surface area contributed by atoms with Gasteiger partial charge in [-0.15, -0.1) is 0 Å². The van der Waals surface area contributed by atoms with Crippen LogP contribution >= 0.6 is 0 Å². The van der Waals surface area contributed by atoms with Gasteiger partial charge in [0.2, 0.25) is 5.91 Å². The molecule has 0 saturated carbocycles. The molecule has 0 unspecified atom stereocenters. The summed E-state index contributed by atoms with van der Waals surface area (Å²) in [5.74, 6) is 0.133. The van der Waals surface area contributed by atoms with E-state index in [1.165, 1.54) is 20.1 Å². The Morgan fingerprint density at radius 2 is 2.18 bits per heavy atom. The number of aryl methyl sites for hydroxylation is 1. The van der Waals surface area contributed by atoms with Gasteiger partial charge >= 0.3 is 0 Å². The van der Waals surface area contributed by atoms with Gasteiger partial charge in [0, 0.05) is 32.6 Å². The summed E-state index contributed by atoms with van der Waals surface area (Å²) < 4.78 is 20.8. The predicted molar refractivity (Wildman–Crippen MR) is 102 cm³/mol. The maximum absolute atomic E-state index is 14.0. The van der Waals surface area contributed by atoms with E-state index in [0.717, 1.165) is 18.7 Å². The summed E-state index contributed by atoms with van der Waals surface area (Å²) in [4.78, 5) is 23.7. The van der Waals surface area contributed by atoms with Crippen molar-refractivity contribution >= 4 is 11.8 Å². The fourth-order valence-electron chi connectivity index (χ4n) is 3.41. The second kappa shape index (κ2) is 8.86. The van der Waals surface area contributed by atoms with Crippen molar-refractivity contribution in [2.45, 2.75) is 32.7 Å². The molecule has 28 heavy (non-hydrogen) atoms. The van der Waals surface area contributed by atoms with Gasteiger partial charge in [0.25, 0.3) is 5.91 Å². The van der Waals surface area contributed by atoms with Crippen LogP contribution in [0.25, 0.3) is 0 Å². The predicted octanol–water partition coefficient (Wildman–Crippen LogP) is 1.70. The third-order valence-corrected chi connectivity index (χ3v) is 5.00. The molecule has 0 fully saturated rings. The van der Waals surface area contributed by atoms with Gasteiger partial charge in [-0.2, -0.15) is 5.10 Å². The van der Waals surface area contributed by atoms with Crippen LogP contribution < -0.4 is 15.4 Å². The lowest BCUT2D eigenvalue weighted by molar-refractivity contribution is -0.119. The molecule has 1 aromatic heterocycles. The summed E-state index contributed by atoms with van der Waals surface area (Å²) >= 11 is 0. The Balaban J connectivity index is 1.57. The van der Waals surface area contributed by atoms with Crippen molar-refractivity contribution in [3.8, 4) is 5.75 Å². The summed E-state index contributed by atoms with van der Waals surface area (Å²) in [5, 5.41) is 9.99. The molecule has 2 aromatic rings. The van der Waals surface area contributed by atoms with Crippen LogP contribution in [-0.4, -0.2) is 41.8 Å². The Labute approximate surface area is 163 Å². The van der Waals surface area contributed by atoms with E-state index in [-0.39, 0.29) is 23.5 Å². The van der Waals surface area contributed by atoms with Crippen LogP contribution in [0.5, 0.6) is 5.75 Å². The summed E-state index contributed by atoms with van der Waals surface area (Å²) in [6, 6.07) is 4.69. The Morgan fingerprint density at radius 1 is 1.36 bits per heavy atom. The quantitative estimate of drug-likeness (QED) is 0.756. The highest BCUT2D eigenvalue weighted by Gasteiger charge is 2.25. The number of rotatable bonds is 7. The van der Waals surface area contributed by atoms with Crippen molar-refractivity contribution in [2.24, 2.45) is 5.92 Å². The van der Waals surface area contributed by atoms with Crippen molar-refractivity contribution < 1.29 is 18.7 Å². The normalized spacial score (nSPS) is 15.6. The zero-order chi connectivity index (χ0) is 20.1. The number of carbonyl (C=O) groups excluding carboxylic acids is 2. The second-order valence-corrected chi connectivity index (χ2v) is 6.99. The number of hydrogen-bond acceptors (Lipinski definition) is 4. The monoisotopic (exact) mass is 388 g/mol. The highest BCUT2D eigenvalue weighted by atomic mass is 19.1. The largest absolute Gasteiger partial charge is 0.497 e. The zero-order valence-corrected chi connectivity index (χ0v) is 16.1. The van der Waals surface area contributed by atoms with E-state index < -0.39 is 0 Å². The average molecular weight is 388 g/mol. The number of nitrogens with zero attached hydrogens (tertiary/aromatic N) is 2. The van der Waals surface area contributed by atoms with E-state index >= 15 is 0 Å². The maximum Gasteiger partial charge on any atom is 0.254 e. The number of halogens is 1. The van der Waals surface area contributed by atoms with Gasteiger partial charge in [-0.05, 0) is 36.8 Å². The van der Waals surface area contributed by atoms with Crippen molar-refractivity contribution in [3.63, 3.8) is 0 Å². The van der Waals surface area contributed by atoms with Gasteiger partial charge in [-0.25, -0.2) is 4.39 Å². The number of methoxy groups -OCH3 is 1. The number of carbonyl (C=O) groups is 2. The van der Waals surface area contributed by atoms with Crippen LogP contribution in [-0.2, 0) is 24.2 Å². The van der Waals surface area contributed by atoms with E-state index in [1.807, 2.05) is 4.68 Å². The van der Waals surface area contributed by atoms with Crippen molar-refractivity contribution in [1.29, 1.82) is 0 Å². The Hall–Kier alpha value is -2.90. The second-order valence-electron chi connectivity index (χ2n) is 6.99. The van der Waals surface area contributed by atoms with Crippen LogP contribution in [0.3, 0.4) is 0 Å². The fourth-order valence-corrected chi connectivity index (χ4v) is 3.41. The topological polar surface area (TPSA) is 85.2 Å². The molecule has 0 saturated heterocycles. The third kappa shape index (κ3) is 4.68. The van der Waals surface area contributed by atoms with Gasteiger partial charge in [-0.3, -0.25) is 14.3 Å². The summed E-state index contributed by atoms with van der Waals surface area (Å²) in [7, 11) is 1.49. The molecule has 7 nitrogen and oxygen atoms in total. The summed E-state index contributed by atoms with van der Waals surface area (Å²) in [5.41, 5.74) is 1.95. The number of nitrogens with one attached hydrogen (secondary N) is 2. The van der Waals surface area contributed by atoms with Crippen molar-refractivity contribution in [3.05, 3.63) is 47.0 Å². The van der Waals surface area contributed by atoms with E-state index in [2.05, 4.69) is 15.7 Å². The molecule has 3 rings (SSSR count). The number of aromatic nitrogens is 2. The SMILES string of the molecule is COc1ccc(CCNC(=O)c2cnn3c2C[C@H](CNC(C)=O)CC3)c(F)c1. The van der Waals surface area contributed by atoms with Crippen LogP contribution in [0.15, 0.2) is 24.4 Å². The van der Waals surface area contributed by atoms with E-state index in [0.29, 0.717) is 42.8 Å². The molecule has 1 aromatic carbocycles. The molecule has 2 heterocycles. The standard InChI is InChI=1S/C20H25FN4O3/c1-13(26)23-11-14-6-8-25-19(9-14)17(12-24-25)20(27)22-7-5-15-3-4-16(28-2)10-18(15)21/h3-4,10,12,14H,5-9,11H2,1-2H3,(H,22,27)(H,23,26)/t14-/m1/s1. The molecule has 2 N–H and O–H groups in total. The third-order valence-electron chi connectivity index (χ3n) is 5.00. The average Bonchev–Trinajstić information content (AvgIpc) is 3.10. The minimum absolute atomic E-state index is 0.0530. The van der Waals surface area contributed by atoms with Gasteiger partial charge in [-0.1, -0.05) is 6.07 Å². The molecule has 0 spiro atoms. The molecule has 2 amide bonds. The highest BCUT2D eigenvalue weighted by molar-refractivity contribution is 5.95. The molecule has 0 bridgehead atoms. The summed E-state index contributed by atoms with van der Waals surface area (Å²) in [6.07, 6.45) is 3.57. The first kappa shape index (κ1) is 19.9. The first-order valence-electron chi connectivity index (χ1n) is 9.37. The molecular formula is C20H25FN4O3. The Morgan fingerprint density at radius 3 is 2.89 bits per heavy atom. The Bertz CT molecular complexity index is 865. The first-order valence-corrected chi connectivity index (χ1v) is 9.37. The van der Waals surface area contributed by atoms with Gasteiger partial charge < -0.3 is 15.4 Å². The lowest BCUT2D eigenvalue weighted by Crippen LogP contribution is -2.33. The molecule has 8 heteroatoms. The lowest BCUT2D eigenvalue weighted by atomic mass is 9.94. The molecule has 0 radical (unpaired) electrons. The van der Waals surface area contributed by atoms with Crippen LogP contribution in [0.1, 0.15) is 35.0 Å². The number of amides is 2. The van der Waals surface area contributed by atoms with Gasteiger partial charge in [0.15, 0.2) is 0 Å². The molecule has 1 aliphatic rings. The van der Waals surface area contributed by atoms with E-state index in [9.17, 15) is 14.0 Å². The van der Waals surface area contributed by atoms with Gasteiger partial charge in [0.05, 0.1) is 24.6 Å². The van der Waals surface area contributed by atoms with Crippen LogP contribution in [0.2, 0.25) is 0 Å². The molecule has 150 valence electrons. The van der Waals surface area contributed by atoms with Crippen LogP contribution in [0.4, 0.5) is 4.39 Å². The number of fused-ring (bicyclic) bond motifs is 1.